The number of benzene rings is 1. The summed E-state index contributed by atoms with van der Waals surface area (Å²) in [7, 11) is 0. The molecule has 0 amide bonds. The van der Waals surface area contributed by atoms with E-state index in [-0.39, 0.29) is 11.9 Å². The Labute approximate surface area is 116 Å². The molecule has 0 heterocycles. The third kappa shape index (κ3) is 5.19. The van der Waals surface area contributed by atoms with E-state index in [0.717, 1.165) is 37.0 Å². The van der Waals surface area contributed by atoms with Gasteiger partial charge < -0.3 is 10.5 Å². The smallest absolute Gasteiger partial charge is 0.123 e. The van der Waals surface area contributed by atoms with Crippen LogP contribution in [0, 0.1) is 5.82 Å². The van der Waals surface area contributed by atoms with Crippen LogP contribution in [-0.2, 0) is 0 Å². The van der Waals surface area contributed by atoms with Gasteiger partial charge in [-0.1, -0.05) is 13.8 Å². The van der Waals surface area contributed by atoms with Gasteiger partial charge in [-0.2, -0.15) is 0 Å². The topological polar surface area (TPSA) is 35.2 Å². The lowest BCUT2D eigenvalue weighted by Crippen LogP contribution is -2.16. The number of nitrogens with two attached hydrogens (primary N) is 1. The fourth-order valence-electron chi connectivity index (χ4n) is 2.23. The Bertz CT molecular complexity index is 379. The highest BCUT2D eigenvalue weighted by atomic mass is 19.1. The van der Waals surface area contributed by atoms with E-state index < -0.39 is 0 Å². The minimum atomic E-state index is -0.196. The monoisotopic (exact) mass is 267 g/mol. The normalized spacial score (nSPS) is 14.2. The van der Waals surface area contributed by atoms with Crippen LogP contribution in [0.15, 0.2) is 18.2 Å². The summed E-state index contributed by atoms with van der Waals surface area (Å²) in [6.07, 6.45) is 3.84. The van der Waals surface area contributed by atoms with E-state index in [1.807, 2.05) is 6.92 Å². The highest BCUT2D eigenvalue weighted by Gasteiger charge is 2.16. The average molecular weight is 267 g/mol. The fraction of sp³-hybridized carbons (Fsp3) is 0.625. The van der Waals surface area contributed by atoms with Crippen molar-refractivity contribution in [3.05, 3.63) is 29.6 Å². The van der Waals surface area contributed by atoms with Gasteiger partial charge in [-0.3, -0.25) is 0 Å². The average Bonchev–Trinajstić information content (AvgIpc) is 2.38. The number of rotatable bonds is 8. The molecular weight excluding hydrogens is 241 g/mol. The van der Waals surface area contributed by atoms with Crippen LogP contribution in [-0.4, -0.2) is 12.6 Å². The molecule has 0 spiro atoms. The van der Waals surface area contributed by atoms with E-state index in [9.17, 15) is 4.39 Å². The standard InChI is InChI=1S/C16H26FNO/c1-4-10-19-16-9-8-14(17)11-15(16)13(5-2)7-6-12(3)18/h8-9,11-13H,4-7,10,18H2,1-3H3. The van der Waals surface area contributed by atoms with Crippen LogP contribution >= 0.6 is 0 Å². The zero-order chi connectivity index (χ0) is 14.3. The Balaban J connectivity index is 2.89. The van der Waals surface area contributed by atoms with Crippen molar-refractivity contribution in [2.45, 2.75) is 58.4 Å². The molecule has 0 saturated heterocycles. The maximum absolute atomic E-state index is 13.5. The first-order valence-electron chi connectivity index (χ1n) is 7.26. The lowest BCUT2D eigenvalue weighted by Gasteiger charge is -2.20. The predicted octanol–water partition coefficient (Wildman–Crippen LogP) is 4.24. The lowest BCUT2D eigenvalue weighted by molar-refractivity contribution is 0.310. The van der Waals surface area contributed by atoms with E-state index in [0.29, 0.717) is 12.5 Å². The van der Waals surface area contributed by atoms with Gasteiger partial charge in [0.25, 0.3) is 0 Å². The molecule has 2 nitrogen and oxygen atoms in total. The van der Waals surface area contributed by atoms with Crippen molar-refractivity contribution in [1.82, 2.24) is 0 Å². The van der Waals surface area contributed by atoms with Crippen LogP contribution in [0.4, 0.5) is 4.39 Å². The Morgan fingerprint density at radius 3 is 2.58 bits per heavy atom. The molecule has 0 bridgehead atoms. The Kier molecular flexibility index (Phi) is 6.85. The molecule has 1 aromatic rings. The Hall–Kier alpha value is -1.09. The van der Waals surface area contributed by atoms with E-state index >= 15 is 0 Å². The largest absolute Gasteiger partial charge is 0.493 e. The highest BCUT2D eigenvalue weighted by molar-refractivity contribution is 5.37. The van der Waals surface area contributed by atoms with Crippen molar-refractivity contribution in [3.8, 4) is 5.75 Å². The number of hydrogen-bond donors (Lipinski definition) is 1. The molecule has 3 heteroatoms. The van der Waals surface area contributed by atoms with Crippen molar-refractivity contribution < 1.29 is 9.13 Å². The van der Waals surface area contributed by atoms with Crippen molar-refractivity contribution in [1.29, 1.82) is 0 Å². The molecule has 0 aliphatic rings. The Morgan fingerprint density at radius 1 is 1.26 bits per heavy atom. The first-order valence-corrected chi connectivity index (χ1v) is 7.26. The molecule has 0 aliphatic heterocycles. The number of hydrogen-bond acceptors (Lipinski definition) is 2. The van der Waals surface area contributed by atoms with Crippen LogP contribution in [0.2, 0.25) is 0 Å². The van der Waals surface area contributed by atoms with Gasteiger partial charge in [0.05, 0.1) is 6.61 Å². The van der Waals surface area contributed by atoms with Crippen molar-refractivity contribution in [3.63, 3.8) is 0 Å². The molecule has 2 unspecified atom stereocenters. The minimum absolute atomic E-state index is 0.183. The van der Waals surface area contributed by atoms with E-state index in [1.54, 1.807) is 12.1 Å². The van der Waals surface area contributed by atoms with Gasteiger partial charge >= 0.3 is 0 Å². The second-order valence-electron chi connectivity index (χ2n) is 5.19. The fourth-order valence-corrected chi connectivity index (χ4v) is 2.23. The second-order valence-corrected chi connectivity index (χ2v) is 5.19. The number of ether oxygens (including phenoxy) is 1. The molecule has 108 valence electrons. The van der Waals surface area contributed by atoms with E-state index in [1.165, 1.54) is 6.07 Å². The summed E-state index contributed by atoms with van der Waals surface area (Å²) in [6, 6.07) is 5.00. The molecular formula is C16H26FNO. The van der Waals surface area contributed by atoms with Gasteiger partial charge in [-0.05, 0) is 56.7 Å². The third-order valence-corrected chi connectivity index (χ3v) is 3.34. The summed E-state index contributed by atoms with van der Waals surface area (Å²) >= 11 is 0. The van der Waals surface area contributed by atoms with E-state index in [2.05, 4.69) is 13.8 Å². The van der Waals surface area contributed by atoms with Crippen molar-refractivity contribution in [2.75, 3.05) is 6.61 Å². The summed E-state index contributed by atoms with van der Waals surface area (Å²) in [5, 5.41) is 0. The van der Waals surface area contributed by atoms with Crippen LogP contribution in [0.3, 0.4) is 0 Å². The molecule has 1 rings (SSSR count). The maximum Gasteiger partial charge on any atom is 0.123 e. The molecule has 0 fully saturated rings. The predicted molar refractivity (Wildman–Crippen MR) is 78.1 cm³/mol. The molecule has 2 atom stereocenters. The second kappa shape index (κ2) is 8.16. The van der Waals surface area contributed by atoms with Crippen LogP contribution in [0.25, 0.3) is 0 Å². The zero-order valence-corrected chi connectivity index (χ0v) is 12.3. The summed E-state index contributed by atoms with van der Waals surface area (Å²) in [5.41, 5.74) is 6.80. The lowest BCUT2D eigenvalue weighted by atomic mass is 9.90. The molecule has 19 heavy (non-hydrogen) atoms. The number of halogens is 1. The minimum Gasteiger partial charge on any atom is -0.493 e. The van der Waals surface area contributed by atoms with Gasteiger partial charge in [0.2, 0.25) is 0 Å². The third-order valence-electron chi connectivity index (χ3n) is 3.34. The summed E-state index contributed by atoms with van der Waals surface area (Å²) < 4.78 is 19.2. The SMILES string of the molecule is CCCOc1ccc(F)cc1C(CC)CCC(C)N. The van der Waals surface area contributed by atoms with Crippen LogP contribution in [0.1, 0.15) is 57.9 Å². The molecule has 0 radical (unpaired) electrons. The van der Waals surface area contributed by atoms with Gasteiger partial charge in [-0.25, -0.2) is 4.39 Å². The van der Waals surface area contributed by atoms with Crippen molar-refractivity contribution in [2.24, 2.45) is 5.73 Å². The first kappa shape index (κ1) is 16.0. The van der Waals surface area contributed by atoms with Crippen LogP contribution < -0.4 is 10.5 Å². The molecule has 1 aromatic carbocycles. The van der Waals surface area contributed by atoms with Gasteiger partial charge in [0.1, 0.15) is 11.6 Å². The Morgan fingerprint density at radius 2 is 2.00 bits per heavy atom. The van der Waals surface area contributed by atoms with E-state index in [4.69, 9.17) is 10.5 Å². The summed E-state index contributed by atoms with van der Waals surface area (Å²) in [4.78, 5) is 0. The van der Waals surface area contributed by atoms with Gasteiger partial charge in [0.15, 0.2) is 0 Å². The highest BCUT2D eigenvalue weighted by Crippen LogP contribution is 2.33. The quantitative estimate of drug-likeness (QED) is 0.764. The van der Waals surface area contributed by atoms with Crippen LogP contribution in [0.5, 0.6) is 5.75 Å². The van der Waals surface area contributed by atoms with Gasteiger partial charge in [-0.15, -0.1) is 0 Å². The molecule has 0 aromatic heterocycles. The molecule has 2 N–H and O–H groups in total. The zero-order valence-electron chi connectivity index (χ0n) is 12.3. The molecule has 0 saturated carbocycles. The summed E-state index contributed by atoms with van der Waals surface area (Å²) in [5.74, 6) is 0.937. The maximum atomic E-state index is 13.5. The van der Waals surface area contributed by atoms with Gasteiger partial charge in [0, 0.05) is 11.6 Å². The summed E-state index contributed by atoms with van der Waals surface area (Å²) in [6.45, 7) is 6.87. The first-order chi connectivity index (χ1) is 9.08. The molecule has 0 aliphatic carbocycles. The van der Waals surface area contributed by atoms with Crippen molar-refractivity contribution >= 4 is 0 Å².